The molecule has 0 radical (unpaired) electrons. The van der Waals surface area contributed by atoms with E-state index in [1.54, 1.807) is 0 Å². The number of hydrogen-bond acceptors (Lipinski definition) is 1. The normalized spacial score (nSPS) is 11.1. The van der Waals surface area contributed by atoms with Crippen molar-refractivity contribution >= 4 is 11.0 Å². The highest BCUT2D eigenvalue weighted by atomic mass is 16.3. The fraction of sp³-hybridized carbons (Fsp3) is 0.333. The van der Waals surface area contributed by atoms with E-state index in [1.165, 1.54) is 22.1 Å². The summed E-state index contributed by atoms with van der Waals surface area (Å²) in [6.45, 7) is 8.36. The van der Waals surface area contributed by atoms with Crippen LogP contribution in [-0.2, 0) is 0 Å². The molecule has 2 rings (SSSR count). The van der Waals surface area contributed by atoms with Crippen LogP contribution in [0.1, 0.15) is 22.5 Å². The van der Waals surface area contributed by atoms with Gasteiger partial charge in [0.05, 0.1) is 0 Å². The molecule has 0 saturated heterocycles. The number of hydrogen-bond donors (Lipinski definition) is 0. The third-order valence-electron chi connectivity index (χ3n) is 2.72. The first kappa shape index (κ1) is 8.36. The number of aryl methyl sites for hydroxylation is 4. The van der Waals surface area contributed by atoms with Crippen molar-refractivity contribution in [1.29, 1.82) is 0 Å². The SMILES string of the molecule is Cc1oc2c(C)ccc(C)c2c1C. The fourth-order valence-electron chi connectivity index (χ4n) is 1.79. The molecule has 2 aromatic rings. The minimum Gasteiger partial charge on any atom is -0.461 e. The molecule has 0 saturated carbocycles. The Morgan fingerprint density at radius 3 is 2.15 bits per heavy atom. The van der Waals surface area contributed by atoms with Crippen molar-refractivity contribution in [3.63, 3.8) is 0 Å². The highest BCUT2D eigenvalue weighted by Gasteiger charge is 2.10. The zero-order valence-corrected chi connectivity index (χ0v) is 8.56. The van der Waals surface area contributed by atoms with Crippen LogP contribution in [0.15, 0.2) is 16.5 Å². The van der Waals surface area contributed by atoms with Crippen molar-refractivity contribution in [2.45, 2.75) is 27.7 Å². The summed E-state index contributed by atoms with van der Waals surface area (Å²) < 4.78 is 5.71. The molecule has 1 heteroatoms. The van der Waals surface area contributed by atoms with E-state index in [9.17, 15) is 0 Å². The van der Waals surface area contributed by atoms with Crippen molar-refractivity contribution in [2.75, 3.05) is 0 Å². The van der Waals surface area contributed by atoms with Gasteiger partial charge in [0.2, 0.25) is 0 Å². The lowest BCUT2D eigenvalue weighted by Crippen LogP contribution is -1.79. The zero-order valence-electron chi connectivity index (χ0n) is 8.56. The minimum absolute atomic E-state index is 1.03. The van der Waals surface area contributed by atoms with E-state index in [4.69, 9.17) is 4.42 Å². The highest BCUT2D eigenvalue weighted by Crippen LogP contribution is 2.29. The summed E-state index contributed by atoms with van der Waals surface area (Å²) in [5.41, 5.74) is 4.85. The summed E-state index contributed by atoms with van der Waals surface area (Å²) in [7, 11) is 0. The average Bonchev–Trinajstić information content (AvgIpc) is 2.38. The number of fused-ring (bicyclic) bond motifs is 1. The van der Waals surface area contributed by atoms with Gasteiger partial charge in [-0.05, 0) is 44.4 Å². The van der Waals surface area contributed by atoms with Gasteiger partial charge in [-0.2, -0.15) is 0 Å². The van der Waals surface area contributed by atoms with Gasteiger partial charge in [0.1, 0.15) is 11.3 Å². The first-order chi connectivity index (χ1) is 6.11. The van der Waals surface area contributed by atoms with E-state index >= 15 is 0 Å². The Kier molecular flexibility index (Phi) is 1.69. The molecule has 0 fully saturated rings. The highest BCUT2D eigenvalue weighted by molar-refractivity contribution is 5.87. The Morgan fingerprint density at radius 1 is 0.923 bits per heavy atom. The standard InChI is InChI=1S/C12H14O/c1-7-5-6-8(2)12-11(7)9(3)10(4)13-12/h5-6H,1-4H3. The molecule has 13 heavy (non-hydrogen) atoms. The topological polar surface area (TPSA) is 13.1 Å². The maximum Gasteiger partial charge on any atom is 0.137 e. The summed E-state index contributed by atoms with van der Waals surface area (Å²) in [6.07, 6.45) is 0. The van der Waals surface area contributed by atoms with Gasteiger partial charge >= 0.3 is 0 Å². The lowest BCUT2D eigenvalue weighted by Gasteiger charge is -1.98. The van der Waals surface area contributed by atoms with Crippen LogP contribution < -0.4 is 0 Å². The van der Waals surface area contributed by atoms with Gasteiger partial charge in [-0.15, -0.1) is 0 Å². The third kappa shape index (κ3) is 1.07. The van der Waals surface area contributed by atoms with Gasteiger partial charge in [0.25, 0.3) is 0 Å². The summed E-state index contributed by atoms with van der Waals surface area (Å²) in [5.74, 6) is 1.03. The molecule has 0 atom stereocenters. The predicted octanol–water partition coefficient (Wildman–Crippen LogP) is 3.67. The second kappa shape index (κ2) is 2.63. The molecule has 1 aromatic heterocycles. The molecular weight excluding hydrogens is 160 g/mol. The maximum absolute atomic E-state index is 5.71. The molecule has 0 aliphatic carbocycles. The van der Waals surface area contributed by atoms with E-state index in [2.05, 4.69) is 32.9 Å². The fourth-order valence-corrected chi connectivity index (χ4v) is 1.79. The van der Waals surface area contributed by atoms with E-state index in [0.717, 1.165) is 11.3 Å². The van der Waals surface area contributed by atoms with Crippen LogP contribution in [0.2, 0.25) is 0 Å². The summed E-state index contributed by atoms with van der Waals surface area (Å²) in [4.78, 5) is 0. The quantitative estimate of drug-likeness (QED) is 0.594. The Labute approximate surface area is 78.4 Å². The van der Waals surface area contributed by atoms with Gasteiger partial charge in [0, 0.05) is 5.39 Å². The summed E-state index contributed by atoms with van der Waals surface area (Å²) in [6, 6.07) is 4.26. The number of benzene rings is 1. The Bertz CT molecular complexity index is 463. The van der Waals surface area contributed by atoms with Gasteiger partial charge in [-0.3, -0.25) is 0 Å². The lowest BCUT2D eigenvalue weighted by atomic mass is 10.0. The zero-order chi connectivity index (χ0) is 9.59. The molecule has 68 valence electrons. The smallest absolute Gasteiger partial charge is 0.137 e. The van der Waals surface area contributed by atoms with Gasteiger partial charge < -0.3 is 4.42 Å². The molecule has 0 unspecified atom stereocenters. The van der Waals surface area contributed by atoms with Crippen molar-refractivity contribution in [3.8, 4) is 0 Å². The lowest BCUT2D eigenvalue weighted by molar-refractivity contribution is 0.573. The summed E-state index contributed by atoms with van der Waals surface area (Å²) >= 11 is 0. The molecule has 1 aromatic carbocycles. The summed E-state index contributed by atoms with van der Waals surface area (Å²) in [5, 5.41) is 1.29. The number of rotatable bonds is 0. The van der Waals surface area contributed by atoms with Crippen molar-refractivity contribution in [1.82, 2.24) is 0 Å². The van der Waals surface area contributed by atoms with Gasteiger partial charge in [-0.25, -0.2) is 0 Å². The van der Waals surface area contributed by atoms with Crippen LogP contribution in [0.25, 0.3) is 11.0 Å². The number of furan rings is 1. The Morgan fingerprint density at radius 2 is 1.54 bits per heavy atom. The van der Waals surface area contributed by atoms with Crippen molar-refractivity contribution < 1.29 is 4.42 Å². The van der Waals surface area contributed by atoms with Crippen LogP contribution in [0, 0.1) is 27.7 Å². The molecule has 1 heterocycles. The molecule has 0 bridgehead atoms. The van der Waals surface area contributed by atoms with Crippen LogP contribution in [0.3, 0.4) is 0 Å². The minimum atomic E-state index is 1.03. The first-order valence-corrected chi connectivity index (χ1v) is 4.57. The van der Waals surface area contributed by atoms with E-state index < -0.39 is 0 Å². The molecular formula is C12H14O. The molecule has 0 N–H and O–H groups in total. The van der Waals surface area contributed by atoms with E-state index in [-0.39, 0.29) is 0 Å². The van der Waals surface area contributed by atoms with Gasteiger partial charge in [0.15, 0.2) is 0 Å². The predicted molar refractivity (Wildman–Crippen MR) is 55.2 cm³/mol. The van der Waals surface area contributed by atoms with E-state index in [1.807, 2.05) is 6.92 Å². The second-order valence-electron chi connectivity index (χ2n) is 3.69. The van der Waals surface area contributed by atoms with E-state index in [0.29, 0.717) is 0 Å². The third-order valence-corrected chi connectivity index (χ3v) is 2.72. The van der Waals surface area contributed by atoms with Crippen LogP contribution in [0.5, 0.6) is 0 Å². The maximum atomic E-state index is 5.71. The second-order valence-corrected chi connectivity index (χ2v) is 3.69. The Hall–Kier alpha value is -1.24. The van der Waals surface area contributed by atoms with Crippen LogP contribution >= 0.6 is 0 Å². The van der Waals surface area contributed by atoms with Crippen LogP contribution in [0.4, 0.5) is 0 Å². The molecule has 0 aliphatic heterocycles. The van der Waals surface area contributed by atoms with Gasteiger partial charge in [-0.1, -0.05) is 12.1 Å². The molecule has 1 nitrogen and oxygen atoms in total. The first-order valence-electron chi connectivity index (χ1n) is 4.57. The van der Waals surface area contributed by atoms with Crippen molar-refractivity contribution in [3.05, 3.63) is 34.6 Å². The monoisotopic (exact) mass is 174 g/mol. The van der Waals surface area contributed by atoms with Crippen molar-refractivity contribution in [2.24, 2.45) is 0 Å². The largest absolute Gasteiger partial charge is 0.461 e. The molecule has 0 amide bonds. The molecule has 0 spiro atoms. The molecule has 0 aliphatic rings. The van der Waals surface area contributed by atoms with Crippen LogP contribution in [-0.4, -0.2) is 0 Å². The average molecular weight is 174 g/mol. The Balaban J connectivity index is 3.00.